The first-order valence-electron chi connectivity index (χ1n) is 5.53. The average molecular weight is 222 g/mol. The highest BCUT2D eigenvalue weighted by Gasteiger charge is 2.09. The molecule has 0 atom stereocenters. The van der Waals surface area contributed by atoms with Crippen LogP contribution < -0.4 is 4.90 Å². The second kappa shape index (κ2) is 5.49. The van der Waals surface area contributed by atoms with E-state index in [1.165, 1.54) is 0 Å². The van der Waals surface area contributed by atoms with Gasteiger partial charge in [-0.2, -0.15) is 0 Å². The van der Waals surface area contributed by atoms with Gasteiger partial charge < -0.3 is 10.0 Å². The number of hydrogen-bond acceptors (Lipinski definition) is 3. The molecule has 0 saturated heterocycles. The minimum Gasteiger partial charge on any atom is -0.478 e. The maximum atomic E-state index is 11.0. The molecule has 88 valence electrons. The number of carbonyl (C=O) groups is 1. The summed E-state index contributed by atoms with van der Waals surface area (Å²) in [4.78, 5) is 17.3. The van der Waals surface area contributed by atoms with Crippen LogP contribution in [0, 0.1) is 0 Å². The molecule has 1 aromatic rings. The molecule has 1 N–H and O–H groups in total. The van der Waals surface area contributed by atoms with Crippen molar-refractivity contribution >= 4 is 11.8 Å². The van der Waals surface area contributed by atoms with E-state index in [9.17, 15) is 4.79 Å². The van der Waals surface area contributed by atoms with E-state index in [2.05, 4.69) is 11.9 Å². The minimum absolute atomic E-state index is 0.310. The van der Waals surface area contributed by atoms with E-state index in [-0.39, 0.29) is 0 Å². The van der Waals surface area contributed by atoms with Crippen LogP contribution in [0.1, 0.15) is 36.3 Å². The van der Waals surface area contributed by atoms with Crippen LogP contribution in [-0.2, 0) is 6.42 Å². The van der Waals surface area contributed by atoms with E-state index in [1.54, 1.807) is 12.1 Å². The van der Waals surface area contributed by atoms with Gasteiger partial charge in [-0.05, 0) is 25.0 Å². The van der Waals surface area contributed by atoms with Crippen molar-refractivity contribution in [1.29, 1.82) is 0 Å². The summed E-state index contributed by atoms with van der Waals surface area (Å²) in [7, 11) is 1.93. The number of carboxylic acid groups (broad SMARTS) is 1. The summed E-state index contributed by atoms with van der Waals surface area (Å²) < 4.78 is 0. The van der Waals surface area contributed by atoms with E-state index in [0.29, 0.717) is 5.56 Å². The predicted octanol–water partition coefficient (Wildman–Crippen LogP) is 2.19. The smallest absolute Gasteiger partial charge is 0.335 e. The summed E-state index contributed by atoms with van der Waals surface area (Å²) in [6.45, 7) is 4.93. The SMILES string of the molecule is CCCN(C)c1cc(C(=O)O)cc(CC)n1. The zero-order valence-corrected chi connectivity index (χ0v) is 10.0. The Labute approximate surface area is 95.9 Å². The summed E-state index contributed by atoms with van der Waals surface area (Å²) in [5, 5.41) is 8.99. The zero-order chi connectivity index (χ0) is 12.1. The van der Waals surface area contributed by atoms with Gasteiger partial charge in [0.15, 0.2) is 0 Å². The third-order valence-corrected chi connectivity index (χ3v) is 2.42. The molecule has 0 radical (unpaired) electrons. The Hall–Kier alpha value is -1.58. The van der Waals surface area contributed by atoms with Crippen molar-refractivity contribution in [3.63, 3.8) is 0 Å². The number of pyridine rings is 1. The van der Waals surface area contributed by atoms with E-state index < -0.39 is 5.97 Å². The third kappa shape index (κ3) is 2.95. The molecule has 0 aliphatic heterocycles. The molecule has 0 unspecified atom stereocenters. The molecule has 0 aliphatic carbocycles. The Balaban J connectivity index is 3.08. The van der Waals surface area contributed by atoms with Gasteiger partial charge >= 0.3 is 5.97 Å². The van der Waals surface area contributed by atoms with Gasteiger partial charge in [-0.1, -0.05) is 13.8 Å². The number of nitrogens with zero attached hydrogens (tertiary/aromatic N) is 2. The van der Waals surface area contributed by atoms with Crippen LogP contribution in [0.4, 0.5) is 5.82 Å². The van der Waals surface area contributed by atoms with Gasteiger partial charge in [0.25, 0.3) is 0 Å². The summed E-state index contributed by atoms with van der Waals surface area (Å²) in [5.74, 6) is -0.165. The second-order valence-electron chi connectivity index (χ2n) is 3.79. The van der Waals surface area contributed by atoms with Crippen molar-refractivity contribution in [2.75, 3.05) is 18.5 Å². The Bertz CT molecular complexity index is 377. The molecule has 0 aliphatic rings. The van der Waals surface area contributed by atoms with Crippen LogP contribution in [-0.4, -0.2) is 29.7 Å². The molecular weight excluding hydrogens is 204 g/mol. The molecule has 1 aromatic heterocycles. The van der Waals surface area contributed by atoms with Gasteiger partial charge in [0, 0.05) is 19.3 Å². The fourth-order valence-corrected chi connectivity index (χ4v) is 1.52. The Morgan fingerprint density at radius 1 is 1.44 bits per heavy atom. The number of aryl methyl sites for hydroxylation is 1. The normalized spacial score (nSPS) is 10.2. The van der Waals surface area contributed by atoms with Gasteiger partial charge in [-0.15, -0.1) is 0 Å². The maximum Gasteiger partial charge on any atom is 0.335 e. The van der Waals surface area contributed by atoms with Crippen molar-refractivity contribution in [3.8, 4) is 0 Å². The minimum atomic E-state index is -0.900. The fourth-order valence-electron chi connectivity index (χ4n) is 1.52. The number of aromatic nitrogens is 1. The van der Waals surface area contributed by atoms with Gasteiger partial charge in [-0.3, -0.25) is 0 Å². The monoisotopic (exact) mass is 222 g/mol. The van der Waals surface area contributed by atoms with E-state index >= 15 is 0 Å². The van der Waals surface area contributed by atoms with Crippen molar-refractivity contribution in [2.45, 2.75) is 26.7 Å². The fraction of sp³-hybridized carbons (Fsp3) is 0.500. The highest BCUT2D eigenvalue weighted by atomic mass is 16.4. The lowest BCUT2D eigenvalue weighted by atomic mass is 10.2. The van der Waals surface area contributed by atoms with Crippen LogP contribution in [0.2, 0.25) is 0 Å². The third-order valence-electron chi connectivity index (χ3n) is 2.42. The number of rotatable bonds is 5. The molecule has 0 aromatic carbocycles. The first-order chi connectivity index (χ1) is 7.58. The largest absolute Gasteiger partial charge is 0.478 e. The molecule has 16 heavy (non-hydrogen) atoms. The van der Waals surface area contributed by atoms with E-state index in [0.717, 1.165) is 30.9 Å². The van der Waals surface area contributed by atoms with E-state index in [4.69, 9.17) is 5.11 Å². The Morgan fingerprint density at radius 2 is 2.12 bits per heavy atom. The zero-order valence-electron chi connectivity index (χ0n) is 10.0. The first kappa shape index (κ1) is 12.5. The number of carboxylic acids is 1. The molecule has 0 bridgehead atoms. The quantitative estimate of drug-likeness (QED) is 0.829. The summed E-state index contributed by atoms with van der Waals surface area (Å²) in [6.07, 6.45) is 1.75. The molecule has 4 nitrogen and oxygen atoms in total. The second-order valence-corrected chi connectivity index (χ2v) is 3.79. The molecule has 0 saturated carbocycles. The van der Waals surface area contributed by atoms with Crippen molar-refractivity contribution < 1.29 is 9.90 Å². The Kier molecular flexibility index (Phi) is 4.28. The number of anilines is 1. The molecule has 0 fully saturated rings. The Morgan fingerprint density at radius 3 is 2.62 bits per heavy atom. The highest BCUT2D eigenvalue weighted by Crippen LogP contribution is 2.15. The van der Waals surface area contributed by atoms with Crippen LogP contribution in [0.5, 0.6) is 0 Å². The number of aromatic carboxylic acids is 1. The summed E-state index contributed by atoms with van der Waals surface area (Å²) in [6, 6.07) is 3.25. The van der Waals surface area contributed by atoms with E-state index in [1.807, 2.05) is 18.9 Å². The summed E-state index contributed by atoms with van der Waals surface area (Å²) >= 11 is 0. The van der Waals surface area contributed by atoms with Crippen LogP contribution in [0.25, 0.3) is 0 Å². The van der Waals surface area contributed by atoms with Crippen LogP contribution >= 0.6 is 0 Å². The van der Waals surface area contributed by atoms with Gasteiger partial charge in [0.2, 0.25) is 0 Å². The van der Waals surface area contributed by atoms with Gasteiger partial charge in [-0.25, -0.2) is 9.78 Å². The van der Waals surface area contributed by atoms with Crippen LogP contribution in [0.15, 0.2) is 12.1 Å². The molecule has 1 heterocycles. The molecule has 0 amide bonds. The van der Waals surface area contributed by atoms with Crippen molar-refractivity contribution in [2.24, 2.45) is 0 Å². The molecule has 4 heteroatoms. The highest BCUT2D eigenvalue weighted by molar-refractivity contribution is 5.88. The lowest BCUT2D eigenvalue weighted by Gasteiger charge is -2.18. The molecule has 0 spiro atoms. The lowest BCUT2D eigenvalue weighted by Crippen LogP contribution is -2.20. The van der Waals surface area contributed by atoms with Crippen molar-refractivity contribution in [3.05, 3.63) is 23.4 Å². The lowest BCUT2D eigenvalue weighted by molar-refractivity contribution is 0.0696. The summed E-state index contributed by atoms with van der Waals surface area (Å²) in [5.41, 5.74) is 1.13. The predicted molar refractivity (Wildman–Crippen MR) is 64.1 cm³/mol. The number of hydrogen-bond donors (Lipinski definition) is 1. The standard InChI is InChI=1S/C12H18N2O2/c1-4-6-14(3)11-8-9(12(15)16)7-10(5-2)13-11/h7-8H,4-6H2,1-3H3,(H,15,16). The van der Waals surface area contributed by atoms with Crippen molar-refractivity contribution in [1.82, 2.24) is 4.98 Å². The van der Waals surface area contributed by atoms with Crippen LogP contribution in [0.3, 0.4) is 0 Å². The molecule has 1 rings (SSSR count). The topological polar surface area (TPSA) is 53.4 Å². The maximum absolute atomic E-state index is 11.0. The van der Waals surface area contributed by atoms with Gasteiger partial charge in [0.1, 0.15) is 5.82 Å². The molecular formula is C12H18N2O2. The average Bonchev–Trinajstić information content (AvgIpc) is 2.28. The first-order valence-corrected chi connectivity index (χ1v) is 5.53. The van der Waals surface area contributed by atoms with Gasteiger partial charge in [0.05, 0.1) is 5.56 Å².